The van der Waals surface area contributed by atoms with E-state index >= 15 is 0 Å². The largest absolute Gasteiger partial charge is 0.368 e. The van der Waals surface area contributed by atoms with Gasteiger partial charge in [0.15, 0.2) is 0 Å². The van der Waals surface area contributed by atoms with Gasteiger partial charge in [-0.2, -0.15) is 5.26 Å². The van der Waals surface area contributed by atoms with Crippen LogP contribution in [0.2, 0.25) is 0 Å². The van der Waals surface area contributed by atoms with Gasteiger partial charge in [0.2, 0.25) is 5.91 Å². The summed E-state index contributed by atoms with van der Waals surface area (Å²) in [4.78, 5) is 26.9. The number of carbonyl (C=O) groups excluding carboxylic acids is 2. The maximum Gasteiger partial charge on any atom is 0.323 e. The molecule has 0 aromatic heterocycles. The first-order valence-corrected chi connectivity index (χ1v) is 10.7. The van der Waals surface area contributed by atoms with Crippen LogP contribution in [0, 0.1) is 18.3 Å². The number of amides is 3. The highest BCUT2D eigenvalue weighted by atomic mass is 16.2. The number of benzene rings is 3. The van der Waals surface area contributed by atoms with Crippen molar-refractivity contribution in [1.29, 1.82) is 5.26 Å². The molecule has 4 N–H and O–H groups in total. The van der Waals surface area contributed by atoms with Crippen molar-refractivity contribution in [3.05, 3.63) is 94.5 Å². The molecule has 4 rings (SSSR count). The summed E-state index contributed by atoms with van der Waals surface area (Å²) < 4.78 is 0. The Balaban J connectivity index is 1.50. The average molecular weight is 440 g/mol. The Morgan fingerprint density at radius 2 is 1.76 bits per heavy atom. The van der Waals surface area contributed by atoms with Crippen LogP contribution >= 0.6 is 0 Å². The van der Waals surface area contributed by atoms with Gasteiger partial charge in [0.05, 0.1) is 11.6 Å². The fourth-order valence-corrected chi connectivity index (χ4v) is 4.19. The summed E-state index contributed by atoms with van der Waals surface area (Å²) in [7, 11) is 0. The maximum absolute atomic E-state index is 12.5. The van der Waals surface area contributed by atoms with E-state index in [2.05, 4.69) is 16.7 Å². The molecule has 0 spiro atoms. The Hall–Kier alpha value is -4.15. The smallest absolute Gasteiger partial charge is 0.323 e. The number of rotatable bonds is 5. The first-order valence-electron chi connectivity index (χ1n) is 10.7. The van der Waals surface area contributed by atoms with Crippen molar-refractivity contribution >= 4 is 23.3 Å². The molecule has 7 nitrogen and oxygen atoms in total. The number of nitrogens with zero attached hydrogens (tertiary/aromatic N) is 2. The Morgan fingerprint density at radius 1 is 1.03 bits per heavy atom. The lowest BCUT2D eigenvalue weighted by molar-refractivity contribution is -0.123. The van der Waals surface area contributed by atoms with E-state index in [0.29, 0.717) is 25.1 Å². The van der Waals surface area contributed by atoms with Crippen molar-refractivity contribution in [1.82, 2.24) is 4.90 Å². The minimum Gasteiger partial charge on any atom is -0.368 e. The number of urea groups is 1. The van der Waals surface area contributed by atoms with Gasteiger partial charge in [-0.1, -0.05) is 42.0 Å². The van der Waals surface area contributed by atoms with E-state index in [0.717, 1.165) is 33.6 Å². The fraction of sp³-hybridized carbons (Fsp3) is 0.192. The molecule has 1 unspecified atom stereocenters. The quantitative estimate of drug-likeness (QED) is 0.556. The number of nitrogens with two attached hydrogens (primary N) is 1. The van der Waals surface area contributed by atoms with Crippen molar-refractivity contribution in [3.8, 4) is 6.07 Å². The van der Waals surface area contributed by atoms with Crippen molar-refractivity contribution < 1.29 is 9.59 Å². The summed E-state index contributed by atoms with van der Waals surface area (Å²) in [5.74, 6) is -0.435. The number of primary amides is 1. The Kier molecular flexibility index (Phi) is 6.38. The van der Waals surface area contributed by atoms with Gasteiger partial charge >= 0.3 is 6.03 Å². The fourth-order valence-electron chi connectivity index (χ4n) is 4.19. The highest BCUT2D eigenvalue weighted by Gasteiger charge is 2.29. The number of nitrogens with one attached hydrogen (secondary N) is 2. The molecule has 0 radical (unpaired) electrons. The molecular formula is C26H25N5O2. The van der Waals surface area contributed by atoms with E-state index in [1.165, 1.54) is 0 Å². The normalized spacial score (nSPS) is 13.9. The van der Waals surface area contributed by atoms with Crippen LogP contribution in [0.4, 0.5) is 16.2 Å². The monoisotopic (exact) mass is 439 g/mol. The second-order valence-corrected chi connectivity index (χ2v) is 8.15. The molecule has 3 aromatic rings. The molecule has 166 valence electrons. The first kappa shape index (κ1) is 22.1. The second-order valence-electron chi connectivity index (χ2n) is 8.15. The molecule has 0 saturated carbocycles. The Labute approximate surface area is 192 Å². The Morgan fingerprint density at radius 3 is 2.42 bits per heavy atom. The predicted octanol–water partition coefficient (Wildman–Crippen LogP) is 4.10. The number of hydrogen-bond acceptors (Lipinski definition) is 4. The van der Waals surface area contributed by atoms with Gasteiger partial charge in [0.25, 0.3) is 0 Å². The van der Waals surface area contributed by atoms with E-state index in [1.54, 1.807) is 24.3 Å². The Bertz CT molecular complexity index is 1210. The number of anilines is 2. The zero-order valence-electron chi connectivity index (χ0n) is 18.3. The molecule has 1 aliphatic rings. The first-order chi connectivity index (χ1) is 15.9. The summed E-state index contributed by atoms with van der Waals surface area (Å²) in [6, 6.07) is 21.5. The number of nitriles is 1. The van der Waals surface area contributed by atoms with Gasteiger partial charge in [0.1, 0.15) is 6.04 Å². The van der Waals surface area contributed by atoms with Gasteiger partial charge in [0, 0.05) is 24.5 Å². The average Bonchev–Trinajstić information content (AvgIpc) is 2.81. The van der Waals surface area contributed by atoms with Crippen molar-refractivity contribution in [2.75, 3.05) is 17.2 Å². The highest BCUT2D eigenvalue weighted by molar-refractivity contribution is 6.00. The van der Waals surface area contributed by atoms with Crippen LogP contribution in [-0.4, -0.2) is 23.4 Å². The lowest BCUT2D eigenvalue weighted by Crippen LogP contribution is -2.41. The third kappa shape index (κ3) is 5.03. The number of aryl methyl sites for hydroxylation is 1. The molecule has 0 aliphatic carbocycles. The van der Waals surface area contributed by atoms with Crippen LogP contribution in [0.15, 0.2) is 66.7 Å². The van der Waals surface area contributed by atoms with Crippen molar-refractivity contribution in [2.45, 2.75) is 25.9 Å². The van der Waals surface area contributed by atoms with Crippen LogP contribution in [0.1, 0.15) is 33.9 Å². The van der Waals surface area contributed by atoms with E-state index in [9.17, 15) is 9.59 Å². The summed E-state index contributed by atoms with van der Waals surface area (Å²) in [6.07, 6.45) is 0.663. The van der Waals surface area contributed by atoms with Gasteiger partial charge in [-0.15, -0.1) is 0 Å². The molecule has 3 amide bonds. The SMILES string of the molecule is Cc1ccc(NC(=O)Nc2cccc3c2CCN(C(C(N)=O)c2ccc(C#N)cc2)C3)cc1. The summed E-state index contributed by atoms with van der Waals surface area (Å²) >= 11 is 0. The summed E-state index contributed by atoms with van der Waals surface area (Å²) in [6.45, 7) is 3.13. The van der Waals surface area contributed by atoms with Crippen LogP contribution in [-0.2, 0) is 17.8 Å². The van der Waals surface area contributed by atoms with E-state index in [1.807, 2.05) is 54.3 Å². The minimum atomic E-state index is -0.590. The predicted molar refractivity (Wildman–Crippen MR) is 127 cm³/mol. The van der Waals surface area contributed by atoms with Crippen LogP contribution in [0.3, 0.4) is 0 Å². The molecule has 1 aliphatic heterocycles. The lowest BCUT2D eigenvalue weighted by Gasteiger charge is -2.35. The standard InChI is InChI=1S/C26H25N5O2/c1-17-5-11-21(12-6-17)29-26(33)30-23-4-2-3-20-16-31(14-13-22(20)23)24(25(28)32)19-9-7-18(15-27)8-10-19/h2-12,24H,13-14,16H2,1H3,(H2,28,32)(H2,29,30,33). The van der Waals surface area contributed by atoms with Gasteiger partial charge < -0.3 is 16.4 Å². The molecule has 1 atom stereocenters. The van der Waals surface area contributed by atoms with Crippen LogP contribution in [0.5, 0.6) is 0 Å². The molecule has 33 heavy (non-hydrogen) atoms. The molecule has 7 heteroatoms. The number of carbonyl (C=O) groups is 2. The van der Waals surface area contributed by atoms with Crippen molar-refractivity contribution in [2.24, 2.45) is 5.73 Å². The van der Waals surface area contributed by atoms with E-state index < -0.39 is 11.9 Å². The number of fused-ring (bicyclic) bond motifs is 1. The van der Waals surface area contributed by atoms with Gasteiger partial charge in [-0.25, -0.2) is 4.79 Å². The molecule has 0 saturated heterocycles. The molecule has 0 fully saturated rings. The van der Waals surface area contributed by atoms with Gasteiger partial charge in [-0.3, -0.25) is 9.69 Å². The maximum atomic E-state index is 12.5. The molecular weight excluding hydrogens is 414 g/mol. The topological polar surface area (TPSA) is 111 Å². The number of hydrogen-bond donors (Lipinski definition) is 3. The van der Waals surface area contributed by atoms with Gasteiger partial charge in [-0.05, 0) is 60.4 Å². The van der Waals surface area contributed by atoms with Crippen LogP contribution in [0.25, 0.3) is 0 Å². The summed E-state index contributed by atoms with van der Waals surface area (Å²) in [5, 5.41) is 14.8. The third-order valence-corrected chi connectivity index (χ3v) is 5.84. The minimum absolute atomic E-state index is 0.303. The van der Waals surface area contributed by atoms with E-state index in [4.69, 9.17) is 11.0 Å². The molecule has 3 aromatic carbocycles. The van der Waals surface area contributed by atoms with E-state index in [-0.39, 0.29) is 6.03 Å². The summed E-state index contributed by atoms with van der Waals surface area (Å²) in [5.41, 5.74) is 11.7. The zero-order valence-corrected chi connectivity index (χ0v) is 18.3. The molecule has 1 heterocycles. The van der Waals surface area contributed by atoms with Crippen LogP contribution < -0.4 is 16.4 Å². The lowest BCUT2D eigenvalue weighted by atomic mass is 9.94. The zero-order chi connectivity index (χ0) is 23.4. The van der Waals surface area contributed by atoms with Crippen molar-refractivity contribution in [3.63, 3.8) is 0 Å². The third-order valence-electron chi connectivity index (χ3n) is 5.84. The second kappa shape index (κ2) is 9.55. The highest BCUT2D eigenvalue weighted by Crippen LogP contribution is 2.31. The molecule has 0 bridgehead atoms.